The SMILES string of the molecule is CCn1ncc(CN(C)C(=O)c2cc(-c3ccccc3)nc3ccccc23)c1C. The molecule has 0 unspecified atom stereocenters. The fourth-order valence-corrected chi connectivity index (χ4v) is 3.60. The summed E-state index contributed by atoms with van der Waals surface area (Å²) < 4.78 is 1.95. The van der Waals surface area contributed by atoms with Gasteiger partial charge in [-0.15, -0.1) is 0 Å². The third kappa shape index (κ3) is 3.63. The Morgan fingerprint density at radius 1 is 1.07 bits per heavy atom. The number of carbonyl (C=O) groups excluding carboxylic acids is 1. The Labute approximate surface area is 170 Å². The lowest BCUT2D eigenvalue weighted by Gasteiger charge is -2.19. The Morgan fingerprint density at radius 3 is 2.52 bits per heavy atom. The maximum absolute atomic E-state index is 13.4. The monoisotopic (exact) mass is 384 g/mol. The lowest BCUT2D eigenvalue weighted by molar-refractivity contribution is 0.0787. The van der Waals surface area contributed by atoms with E-state index in [0.717, 1.165) is 40.0 Å². The number of amides is 1. The van der Waals surface area contributed by atoms with Crippen molar-refractivity contribution >= 4 is 16.8 Å². The number of benzene rings is 2. The number of hydrogen-bond acceptors (Lipinski definition) is 3. The molecule has 0 saturated carbocycles. The largest absolute Gasteiger partial charge is 0.337 e. The van der Waals surface area contributed by atoms with Crippen LogP contribution in [0.1, 0.15) is 28.5 Å². The van der Waals surface area contributed by atoms with Gasteiger partial charge in [0.15, 0.2) is 0 Å². The first-order chi connectivity index (χ1) is 14.1. The van der Waals surface area contributed by atoms with Crippen LogP contribution in [0.2, 0.25) is 0 Å². The molecule has 4 aromatic rings. The lowest BCUT2D eigenvalue weighted by atomic mass is 10.0. The first-order valence-corrected chi connectivity index (χ1v) is 9.80. The van der Waals surface area contributed by atoms with Crippen molar-refractivity contribution in [2.75, 3.05) is 7.05 Å². The predicted octanol–water partition coefficient (Wildman–Crippen LogP) is 4.70. The van der Waals surface area contributed by atoms with Crippen LogP contribution in [0.4, 0.5) is 0 Å². The zero-order valence-corrected chi connectivity index (χ0v) is 17.0. The van der Waals surface area contributed by atoms with E-state index in [1.54, 1.807) is 4.90 Å². The first kappa shape index (κ1) is 18.9. The van der Waals surface area contributed by atoms with Crippen LogP contribution in [0.5, 0.6) is 0 Å². The molecular weight excluding hydrogens is 360 g/mol. The van der Waals surface area contributed by atoms with Crippen LogP contribution in [0, 0.1) is 6.92 Å². The summed E-state index contributed by atoms with van der Waals surface area (Å²) in [4.78, 5) is 19.9. The Bertz CT molecular complexity index is 1160. The van der Waals surface area contributed by atoms with E-state index >= 15 is 0 Å². The summed E-state index contributed by atoms with van der Waals surface area (Å²) in [5.41, 5.74) is 5.44. The average molecular weight is 384 g/mol. The minimum absolute atomic E-state index is 0.0237. The highest BCUT2D eigenvalue weighted by Crippen LogP contribution is 2.26. The van der Waals surface area contributed by atoms with Crippen molar-refractivity contribution in [1.29, 1.82) is 0 Å². The Kier molecular flexibility index (Phi) is 5.12. The van der Waals surface area contributed by atoms with E-state index in [0.29, 0.717) is 12.1 Å². The maximum Gasteiger partial charge on any atom is 0.254 e. The van der Waals surface area contributed by atoms with Gasteiger partial charge in [0.2, 0.25) is 0 Å². The van der Waals surface area contributed by atoms with E-state index in [9.17, 15) is 4.79 Å². The molecule has 0 bridgehead atoms. The molecule has 146 valence electrons. The van der Waals surface area contributed by atoms with Crippen LogP contribution in [-0.4, -0.2) is 32.6 Å². The molecule has 5 heteroatoms. The molecule has 0 aliphatic heterocycles. The van der Waals surface area contributed by atoms with Crippen molar-refractivity contribution in [2.24, 2.45) is 0 Å². The molecule has 2 heterocycles. The number of aryl methyl sites for hydroxylation is 1. The highest BCUT2D eigenvalue weighted by atomic mass is 16.2. The molecule has 0 fully saturated rings. The summed E-state index contributed by atoms with van der Waals surface area (Å²) in [6, 6.07) is 19.7. The molecule has 5 nitrogen and oxygen atoms in total. The first-order valence-electron chi connectivity index (χ1n) is 9.80. The second kappa shape index (κ2) is 7.87. The van der Waals surface area contributed by atoms with E-state index in [2.05, 4.69) is 12.0 Å². The molecule has 0 spiro atoms. The van der Waals surface area contributed by atoms with Crippen LogP contribution in [0.25, 0.3) is 22.2 Å². The third-order valence-corrected chi connectivity index (χ3v) is 5.27. The number of rotatable bonds is 5. The van der Waals surface area contributed by atoms with Crippen LogP contribution >= 0.6 is 0 Å². The van der Waals surface area contributed by atoms with E-state index in [1.807, 2.05) is 85.5 Å². The number of aromatic nitrogens is 3. The number of carbonyl (C=O) groups is 1. The third-order valence-electron chi connectivity index (χ3n) is 5.27. The molecule has 0 aliphatic carbocycles. The van der Waals surface area contributed by atoms with Crippen molar-refractivity contribution in [1.82, 2.24) is 19.7 Å². The maximum atomic E-state index is 13.4. The second-order valence-corrected chi connectivity index (χ2v) is 7.17. The molecule has 4 rings (SSSR count). The second-order valence-electron chi connectivity index (χ2n) is 7.17. The van der Waals surface area contributed by atoms with Gasteiger partial charge in [-0.2, -0.15) is 5.10 Å². The Balaban J connectivity index is 1.73. The molecular formula is C24H24N4O. The van der Waals surface area contributed by atoms with Crippen molar-refractivity contribution in [3.63, 3.8) is 0 Å². The summed E-state index contributed by atoms with van der Waals surface area (Å²) in [6.45, 7) is 5.44. The van der Waals surface area contributed by atoms with Crippen LogP contribution in [0.15, 0.2) is 66.9 Å². The van der Waals surface area contributed by atoms with Crippen LogP contribution < -0.4 is 0 Å². The van der Waals surface area contributed by atoms with Crippen LogP contribution in [-0.2, 0) is 13.1 Å². The number of para-hydroxylation sites is 1. The average Bonchev–Trinajstić information content (AvgIpc) is 3.12. The van der Waals surface area contributed by atoms with E-state index in [4.69, 9.17) is 4.98 Å². The summed E-state index contributed by atoms with van der Waals surface area (Å²) in [6.07, 6.45) is 1.85. The number of pyridine rings is 1. The number of nitrogens with zero attached hydrogens (tertiary/aromatic N) is 4. The minimum atomic E-state index is -0.0237. The zero-order valence-electron chi connectivity index (χ0n) is 17.0. The van der Waals surface area contributed by atoms with E-state index < -0.39 is 0 Å². The van der Waals surface area contributed by atoms with Crippen molar-refractivity contribution in [3.05, 3.63) is 83.7 Å². The molecule has 0 saturated heterocycles. The number of fused-ring (bicyclic) bond motifs is 1. The van der Waals surface area contributed by atoms with Gasteiger partial charge in [0.25, 0.3) is 5.91 Å². The standard InChI is InChI=1S/C24H24N4O/c1-4-28-17(2)19(15-25-28)16-27(3)24(29)21-14-23(18-10-6-5-7-11-18)26-22-13-9-8-12-20(21)22/h5-15H,4,16H2,1-3H3. The van der Waals surface area contributed by atoms with Crippen molar-refractivity contribution in [2.45, 2.75) is 26.9 Å². The van der Waals surface area contributed by atoms with Gasteiger partial charge in [-0.25, -0.2) is 4.98 Å². The van der Waals surface area contributed by atoms with Gasteiger partial charge >= 0.3 is 0 Å². The highest BCUT2D eigenvalue weighted by Gasteiger charge is 2.19. The zero-order chi connectivity index (χ0) is 20.4. The van der Waals surface area contributed by atoms with Gasteiger partial charge in [-0.3, -0.25) is 9.48 Å². The van der Waals surface area contributed by atoms with E-state index in [1.165, 1.54) is 0 Å². The molecule has 0 radical (unpaired) electrons. The molecule has 29 heavy (non-hydrogen) atoms. The number of hydrogen-bond donors (Lipinski definition) is 0. The summed E-state index contributed by atoms with van der Waals surface area (Å²) in [5, 5.41) is 5.26. The summed E-state index contributed by atoms with van der Waals surface area (Å²) in [7, 11) is 1.84. The van der Waals surface area contributed by atoms with Gasteiger partial charge in [0, 0.05) is 42.3 Å². The molecule has 1 amide bonds. The van der Waals surface area contributed by atoms with Gasteiger partial charge < -0.3 is 4.90 Å². The quantitative estimate of drug-likeness (QED) is 0.501. The molecule has 0 N–H and O–H groups in total. The van der Waals surface area contributed by atoms with Crippen LogP contribution in [0.3, 0.4) is 0 Å². The van der Waals surface area contributed by atoms with Gasteiger partial charge in [0.1, 0.15) is 0 Å². The van der Waals surface area contributed by atoms with Gasteiger partial charge in [0.05, 0.1) is 23.0 Å². The highest BCUT2D eigenvalue weighted by molar-refractivity contribution is 6.07. The van der Waals surface area contributed by atoms with E-state index in [-0.39, 0.29) is 5.91 Å². The van der Waals surface area contributed by atoms with Gasteiger partial charge in [-0.1, -0.05) is 48.5 Å². The Morgan fingerprint density at radius 2 is 1.79 bits per heavy atom. The summed E-state index contributed by atoms with van der Waals surface area (Å²) in [5.74, 6) is -0.0237. The Hall–Kier alpha value is -3.47. The molecule has 0 atom stereocenters. The molecule has 2 aromatic heterocycles. The smallest absolute Gasteiger partial charge is 0.254 e. The fourth-order valence-electron chi connectivity index (χ4n) is 3.60. The predicted molar refractivity (Wildman–Crippen MR) is 116 cm³/mol. The lowest BCUT2D eigenvalue weighted by Crippen LogP contribution is -2.26. The van der Waals surface area contributed by atoms with Gasteiger partial charge in [-0.05, 0) is 26.0 Å². The molecule has 0 aliphatic rings. The van der Waals surface area contributed by atoms with Crippen molar-refractivity contribution in [3.8, 4) is 11.3 Å². The minimum Gasteiger partial charge on any atom is -0.337 e. The normalized spacial score (nSPS) is 11.0. The summed E-state index contributed by atoms with van der Waals surface area (Å²) >= 11 is 0. The molecule has 2 aromatic carbocycles. The van der Waals surface area contributed by atoms with Crippen molar-refractivity contribution < 1.29 is 4.79 Å². The fraction of sp³-hybridized carbons (Fsp3) is 0.208. The topological polar surface area (TPSA) is 51.0 Å².